The Morgan fingerprint density at radius 3 is 3.13 bits per heavy atom. The van der Waals surface area contributed by atoms with E-state index < -0.39 is 0 Å². The van der Waals surface area contributed by atoms with Gasteiger partial charge in [0.2, 0.25) is 5.91 Å². The summed E-state index contributed by atoms with van der Waals surface area (Å²) >= 11 is 1.58. The van der Waals surface area contributed by atoms with E-state index in [-0.39, 0.29) is 5.91 Å². The Kier molecular flexibility index (Phi) is 4.97. The Hall–Kier alpha value is -1.23. The highest BCUT2D eigenvalue weighted by Crippen LogP contribution is 2.23. The lowest BCUT2D eigenvalue weighted by molar-refractivity contribution is -0.120. The van der Waals surface area contributed by atoms with Gasteiger partial charge >= 0.3 is 0 Å². The monoisotopic (exact) mass is 225 g/mol. The topological polar surface area (TPSA) is 68.0 Å². The molecular formula is C10H15N3OS. The van der Waals surface area contributed by atoms with E-state index in [0.717, 1.165) is 10.6 Å². The molecule has 15 heavy (non-hydrogen) atoms. The summed E-state index contributed by atoms with van der Waals surface area (Å²) in [5.74, 6) is 0.817. The zero-order valence-corrected chi connectivity index (χ0v) is 9.51. The summed E-state index contributed by atoms with van der Waals surface area (Å²) in [5.41, 5.74) is 6.38. The first kappa shape index (κ1) is 11.8. The number of rotatable bonds is 5. The molecule has 1 rings (SSSR count). The maximum absolute atomic E-state index is 11.2. The van der Waals surface area contributed by atoms with Crippen LogP contribution in [0, 0.1) is 0 Å². The van der Waals surface area contributed by atoms with Gasteiger partial charge in [-0.2, -0.15) is 0 Å². The van der Waals surface area contributed by atoms with Gasteiger partial charge in [0.25, 0.3) is 0 Å². The van der Waals surface area contributed by atoms with E-state index in [1.54, 1.807) is 24.2 Å². The minimum atomic E-state index is 0.0811. The number of aromatic nitrogens is 1. The largest absolute Gasteiger partial charge is 0.397 e. The number of nitrogens with zero attached hydrogens (tertiary/aromatic N) is 1. The number of nitrogens with one attached hydrogen (secondary N) is 1. The second-order valence-electron chi connectivity index (χ2n) is 2.97. The molecule has 0 aromatic carbocycles. The van der Waals surface area contributed by atoms with E-state index in [4.69, 9.17) is 5.73 Å². The Morgan fingerprint density at radius 1 is 1.67 bits per heavy atom. The molecule has 0 aliphatic rings. The Labute approximate surface area is 93.7 Å². The highest BCUT2D eigenvalue weighted by Gasteiger charge is 2.02. The van der Waals surface area contributed by atoms with Crippen LogP contribution in [-0.4, -0.2) is 23.2 Å². The number of carbonyl (C=O) groups is 1. The van der Waals surface area contributed by atoms with Crippen LogP contribution in [0.1, 0.15) is 13.3 Å². The normalized spacial score (nSPS) is 9.93. The van der Waals surface area contributed by atoms with Gasteiger partial charge in [0.15, 0.2) is 0 Å². The molecule has 1 heterocycles. The third kappa shape index (κ3) is 4.20. The average Bonchev–Trinajstić information content (AvgIpc) is 2.21. The molecular weight excluding hydrogens is 210 g/mol. The van der Waals surface area contributed by atoms with Crippen molar-refractivity contribution in [1.82, 2.24) is 10.3 Å². The molecule has 0 atom stereocenters. The van der Waals surface area contributed by atoms with Gasteiger partial charge in [-0.15, -0.1) is 11.8 Å². The van der Waals surface area contributed by atoms with Crippen molar-refractivity contribution in [1.29, 1.82) is 0 Å². The molecule has 0 bridgehead atoms. The quantitative estimate of drug-likeness (QED) is 0.741. The van der Waals surface area contributed by atoms with Gasteiger partial charge in [-0.25, -0.2) is 0 Å². The number of carbonyl (C=O) groups excluding carboxylic acids is 1. The van der Waals surface area contributed by atoms with Crippen molar-refractivity contribution in [3.8, 4) is 0 Å². The van der Waals surface area contributed by atoms with Gasteiger partial charge in [0.05, 0.1) is 11.9 Å². The molecule has 1 aromatic rings. The molecule has 0 fully saturated rings. The third-order valence-corrected chi connectivity index (χ3v) is 2.86. The van der Waals surface area contributed by atoms with E-state index in [1.165, 1.54) is 0 Å². The van der Waals surface area contributed by atoms with Gasteiger partial charge in [0.1, 0.15) is 0 Å². The van der Waals surface area contributed by atoms with Crippen molar-refractivity contribution in [3.05, 3.63) is 18.5 Å². The van der Waals surface area contributed by atoms with Gasteiger partial charge in [-0.1, -0.05) is 0 Å². The van der Waals surface area contributed by atoms with E-state index in [0.29, 0.717) is 18.7 Å². The van der Waals surface area contributed by atoms with Crippen LogP contribution in [0.15, 0.2) is 23.4 Å². The lowest BCUT2D eigenvalue weighted by Gasteiger charge is -2.04. The molecule has 0 saturated carbocycles. The van der Waals surface area contributed by atoms with Crippen molar-refractivity contribution in [2.75, 3.05) is 18.0 Å². The van der Waals surface area contributed by atoms with Crippen molar-refractivity contribution < 1.29 is 4.79 Å². The molecule has 4 nitrogen and oxygen atoms in total. The number of hydrogen-bond acceptors (Lipinski definition) is 4. The second-order valence-corrected chi connectivity index (χ2v) is 4.10. The van der Waals surface area contributed by atoms with Crippen LogP contribution in [0.2, 0.25) is 0 Å². The zero-order valence-electron chi connectivity index (χ0n) is 8.69. The van der Waals surface area contributed by atoms with Crippen LogP contribution < -0.4 is 11.1 Å². The van der Waals surface area contributed by atoms with Crippen molar-refractivity contribution >= 4 is 23.4 Å². The van der Waals surface area contributed by atoms with Crippen LogP contribution in [0.25, 0.3) is 0 Å². The maximum atomic E-state index is 11.2. The van der Waals surface area contributed by atoms with Crippen molar-refractivity contribution in [2.45, 2.75) is 18.2 Å². The van der Waals surface area contributed by atoms with Crippen LogP contribution in [0.3, 0.4) is 0 Å². The predicted molar refractivity (Wildman–Crippen MR) is 62.7 cm³/mol. The summed E-state index contributed by atoms with van der Waals surface area (Å²) in [6.07, 6.45) is 3.83. The second kappa shape index (κ2) is 6.29. The number of pyridine rings is 1. The summed E-state index contributed by atoms with van der Waals surface area (Å²) in [7, 11) is 0. The fraction of sp³-hybridized carbons (Fsp3) is 0.400. The minimum absolute atomic E-state index is 0.0811. The van der Waals surface area contributed by atoms with Crippen molar-refractivity contribution in [3.63, 3.8) is 0 Å². The number of thioether (sulfide) groups is 1. The number of anilines is 1. The summed E-state index contributed by atoms with van der Waals surface area (Å²) in [5, 5.41) is 2.75. The fourth-order valence-corrected chi connectivity index (χ4v) is 1.95. The SMILES string of the molecule is CCNC(=O)CCSc1ccncc1N. The number of amides is 1. The first-order valence-electron chi connectivity index (χ1n) is 4.83. The lowest BCUT2D eigenvalue weighted by atomic mass is 10.4. The minimum Gasteiger partial charge on any atom is -0.397 e. The molecule has 0 radical (unpaired) electrons. The van der Waals surface area contributed by atoms with E-state index in [9.17, 15) is 4.79 Å². The number of nitrogen functional groups attached to an aromatic ring is 1. The molecule has 1 amide bonds. The highest BCUT2D eigenvalue weighted by atomic mass is 32.2. The maximum Gasteiger partial charge on any atom is 0.220 e. The van der Waals surface area contributed by atoms with Crippen molar-refractivity contribution in [2.24, 2.45) is 0 Å². The zero-order chi connectivity index (χ0) is 11.1. The van der Waals surface area contributed by atoms with Crippen LogP contribution in [0.5, 0.6) is 0 Å². The fourth-order valence-electron chi connectivity index (χ4n) is 1.06. The molecule has 5 heteroatoms. The van der Waals surface area contributed by atoms with E-state index in [2.05, 4.69) is 10.3 Å². The summed E-state index contributed by atoms with van der Waals surface area (Å²) in [4.78, 5) is 16.0. The lowest BCUT2D eigenvalue weighted by Crippen LogP contribution is -2.22. The van der Waals surface area contributed by atoms with Crippen LogP contribution in [-0.2, 0) is 4.79 Å². The average molecular weight is 225 g/mol. The molecule has 0 spiro atoms. The van der Waals surface area contributed by atoms with Gasteiger partial charge in [-0.3, -0.25) is 9.78 Å². The molecule has 1 aromatic heterocycles. The molecule has 0 aliphatic carbocycles. The van der Waals surface area contributed by atoms with Gasteiger partial charge in [0, 0.05) is 29.8 Å². The summed E-state index contributed by atoms with van der Waals surface area (Å²) in [6.45, 7) is 2.59. The summed E-state index contributed by atoms with van der Waals surface area (Å²) < 4.78 is 0. The first-order valence-corrected chi connectivity index (χ1v) is 5.81. The molecule has 82 valence electrons. The first-order chi connectivity index (χ1) is 7.24. The van der Waals surface area contributed by atoms with E-state index >= 15 is 0 Å². The van der Waals surface area contributed by atoms with Crippen LogP contribution >= 0.6 is 11.8 Å². The van der Waals surface area contributed by atoms with Crippen LogP contribution in [0.4, 0.5) is 5.69 Å². The highest BCUT2D eigenvalue weighted by molar-refractivity contribution is 7.99. The van der Waals surface area contributed by atoms with Gasteiger partial charge in [-0.05, 0) is 13.0 Å². The molecule has 0 unspecified atom stereocenters. The molecule has 3 N–H and O–H groups in total. The Balaban J connectivity index is 2.32. The number of nitrogens with two attached hydrogens (primary N) is 1. The third-order valence-electron chi connectivity index (χ3n) is 1.77. The summed E-state index contributed by atoms with van der Waals surface area (Å²) in [6, 6.07) is 1.86. The molecule has 0 saturated heterocycles. The Morgan fingerprint density at radius 2 is 2.47 bits per heavy atom. The predicted octanol–water partition coefficient (Wildman–Crippen LogP) is 1.28. The standard InChI is InChI=1S/C10H15N3OS/c1-2-13-10(14)4-6-15-9-3-5-12-7-8(9)11/h3,5,7H,2,4,6,11H2,1H3,(H,13,14). The Bertz CT molecular complexity index is 330. The smallest absolute Gasteiger partial charge is 0.220 e. The molecule has 0 aliphatic heterocycles. The van der Waals surface area contributed by atoms with Gasteiger partial charge < -0.3 is 11.1 Å². The van der Waals surface area contributed by atoms with E-state index in [1.807, 2.05) is 13.0 Å². The number of hydrogen-bond donors (Lipinski definition) is 2.